The molecule has 38 heavy (non-hydrogen) atoms. The van der Waals surface area contributed by atoms with Crippen LogP contribution in [0.2, 0.25) is 0 Å². The molecule has 2 aliphatic rings. The number of methoxy groups -OCH3 is 1. The molecule has 2 atom stereocenters. The van der Waals surface area contributed by atoms with E-state index in [1.807, 2.05) is 55.5 Å². The lowest BCUT2D eigenvalue weighted by atomic mass is 9.78. The Labute approximate surface area is 232 Å². The Kier molecular flexibility index (Phi) is 7.93. The standard InChI is InChI=1S/C31H33BrN2O4/c1-4-14-38-22-12-10-19(11-13-22)20-16-26-29(27(35)17-20)30(34-25-9-7-6-8-24(25)33-26)21-15-23(32)31(37-5-2)28(18-21)36-3/h6-13,15,18,20,30,33-34H,4-5,14,16-17H2,1-3H3. The van der Waals surface area contributed by atoms with Crippen LogP contribution in [0, 0.1) is 0 Å². The average molecular weight is 578 g/mol. The lowest BCUT2D eigenvalue weighted by Gasteiger charge is -2.30. The van der Waals surface area contributed by atoms with Gasteiger partial charge >= 0.3 is 0 Å². The largest absolute Gasteiger partial charge is 0.494 e. The zero-order valence-corrected chi connectivity index (χ0v) is 23.6. The number of rotatable bonds is 8. The van der Waals surface area contributed by atoms with Crippen molar-refractivity contribution < 1.29 is 19.0 Å². The number of ether oxygens (including phenoxy) is 3. The van der Waals surface area contributed by atoms with E-state index in [0.717, 1.165) is 56.8 Å². The van der Waals surface area contributed by atoms with E-state index < -0.39 is 0 Å². The van der Waals surface area contributed by atoms with Gasteiger partial charge in [0, 0.05) is 17.7 Å². The molecule has 0 saturated carbocycles. The summed E-state index contributed by atoms with van der Waals surface area (Å²) in [6.07, 6.45) is 2.15. The molecule has 0 spiro atoms. The lowest BCUT2D eigenvalue weighted by molar-refractivity contribution is -0.116. The number of benzene rings is 3. The maximum absolute atomic E-state index is 13.9. The number of nitrogens with one attached hydrogen (secondary N) is 2. The molecule has 0 radical (unpaired) electrons. The van der Waals surface area contributed by atoms with Gasteiger partial charge in [0.2, 0.25) is 0 Å². The quantitative estimate of drug-likeness (QED) is 0.287. The lowest BCUT2D eigenvalue weighted by Crippen LogP contribution is -2.27. The summed E-state index contributed by atoms with van der Waals surface area (Å²) >= 11 is 3.66. The highest BCUT2D eigenvalue weighted by atomic mass is 79.9. The maximum atomic E-state index is 13.9. The molecule has 3 aromatic rings. The Morgan fingerprint density at radius 1 is 0.947 bits per heavy atom. The second-order valence-corrected chi connectivity index (χ2v) is 10.4. The van der Waals surface area contributed by atoms with E-state index in [4.69, 9.17) is 14.2 Å². The highest BCUT2D eigenvalue weighted by molar-refractivity contribution is 9.10. The number of Topliss-reactive ketones (excluding diaryl/α,β-unsaturated/α-hetero) is 1. The summed E-state index contributed by atoms with van der Waals surface area (Å²) in [6.45, 7) is 5.25. The van der Waals surface area contributed by atoms with E-state index in [0.29, 0.717) is 31.1 Å². The van der Waals surface area contributed by atoms with Crippen molar-refractivity contribution in [2.24, 2.45) is 0 Å². The smallest absolute Gasteiger partial charge is 0.175 e. The van der Waals surface area contributed by atoms with Crippen LogP contribution < -0.4 is 24.8 Å². The highest BCUT2D eigenvalue weighted by Crippen LogP contribution is 2.46. The number of anilines is 2. The van der Waals surface area contributed by atoms with E-state index in [2.05, 4.69) is 45.6 Å². The summed E-state index contributed by atoms with van der Waals surface area (Å²) in [4.78, 5) is 13.9. The third-order valence-corrected chi connectivity index (χ3v) is 7.60. The molecule has 0 saturated heterocycles. The van der Waals surface area contributed by atoms with Gasteiger partial charge in [-0.15, -0.1) is 0 Å². The molecular formula is C31H33BrN2O4. The first-order valence-corrected chi connectivity index (χ1v) is 13.9. The number of hydrogen-bond acceptors (Lipinski definition) is 6. The van der Waals surface area contributed by atoms with Crippen LogP contribution in [-0.2, 0) is 4.79 Å². The molecule has 2 unspecified atom stereocenters. The van der Waals surface area contributed by atoms with Crippen molar-refractivity contribution in [3.8, 4) is 17.2 Å². The van der Waals surface area contributed by atoms with Gasteiger partial charge in [-0.05, 0) is 89.1 Å². The topological polar surface area (TPSA) is 68.8 Å². The predicted molar refractivity (Wildman–Crippen MR) is 155 cm³/mol. The predicted octanol–water partition coefficient (Wildman–Crippen LogP) is 7.62. The number of halogens is 1. The van der Waals surface area contributed by atoms with Crippen LogP contribution in [0.1, 0.15) is 56.2 Å². The van der Waals surface area contributed by atoms with Crippen LogP contribution in [0.4, 0.5) is 11.4 Å². The number of carbonyl (C=O) groups excluding carboxylic acids is 1. The van der Waals surface area contributed by atoms with Gasteiger partial charge in [0.05, 0.1) is 42.2 Å². The monoisotopic (exact) mass is 576 g/mol. The third-order valence-electron chi connectivity index (χ3n) is 7.01. The fourth-order valence-corrected chi connectivity index (χ4v) is 5.80. The van der Waals surface area contributed by atoms with Gasteiger partial charge in [0.15, 0.2) is 17.3 Å². The third kappa shape index (κ3) is 5.25. The van der Waals surface area contributed by atoms with Crippen LogP contribution in [-0.4, -0.2) is 26.1 Å². The zero-order chi connectivity index (χ0) is 26.6. The first-order valence-electron chi connectivity index (χ1n) is 13.1. The summed E-state index contributed by atoms with van der Waals surface area (Å²) < 4.78 is 18.0. The van der Waals surface area contributed by atoms with E-state index in [1.165, 1.54) is 0 Å². The molecule has 0 aromatic heterocycles. The molecule has 6 nitrogen and oxygen atoms in total. The van der Waals surface area contributed by atoms with Crippen molar-refractivity contribution in [1.82, 2.24) is 0 Å². The van der Waals surface area contributed by atoms with E-state index in [9.17, 15) is 4.79 Å². The molecular weight excluding hydrogens is 544 g/mol. The van der Waals surface area contributed by atoms with Crippen LogP contribution in [0.3, 0.4) is 0 Å². The minimum atomic E-state index is -0.347. The van der Waals surface area contributed by atoms with E-state index in [1.54, 1.807) is 7.11 Å². The molecule has 5 rings (SSSR count). The Hall–Kier alpha value is -3.45. The van der Waals surface area contributed by atoms with Gasteiger partial charge in [-0.3, -0.25) is 4.79 Å². The summed E-state index contributed by atoms with van der Waals surface area (Å²) in [5, 5.41) is 7.25. The molecule has 198 valence electrons. The number of hydrogen-bond donors (Lipinski definition) is 2. The Morgan fingerprint density at radius 2 is 1.71 bits per heavy atom. The normalized spacial score (nSPS) is 18.5. The minimum absolute atomic E-state index is 0.0847. The minimum Gasteiger partial charge on any atom is -0.494 e. The molecule has 2 N–H and O–H groups in total. The van der Waals surface area contributed by atoms with E-state index >= 15 is 0 Å². The molecule has 1 aliphatic heterocycles. The summed E-state index contributed by atoms with van der Waals surface area (Å²) in [5.41, 5.74) is 5.67. The van der Waals surface area contributed by atoms with Gasteiger partial charge in [-0.1, -0.05) is 31.2 Å². The maximum Gasteiger partial charge on any atom is 0.175 e. The van der Waals surface area contributed by atoms with Gasteiger partial charge in [0.25, 0.3) is 0 Å². The second-order valence-electron chi connectivity index (χ2n) is 9.55. The first-order chi connectivity index (χ1) is 18.5. The fourth-order valence-electron chi connectivity index (χ4n) is 5.23. The summed E-state index contributed by atoms with van der Waals surface area (Å²) in [7, 11) is 1.63. The van der Waals surface area contributed by atoms with Crippen LogP contribution >= 0.6 is 15.9 Å². The zero-order valence-electron chi connectivity index (χ0n) is 22.0. The van der Waals surface area contributed by atoms with Gasteiger partial charge in [0.1, 0.15) is 5.75 Å². The molecule has 0 amide bonds. The van der Waals surface area contributed by atoms with Gasteiger partial charge in [-0.2, -0.15) is 0 Å². The van der Waals surface area contributed by atoms with Crippen LogP contribution in [0.15, 0.2) is 76.4 Å². The number of para-hydroxylation sites is 2. The average Bonchev–Trinajstić information content (AvgIpc) is 3.10. The fraction of sp³-hybridized carbons (Fsp3) is 0.323. The molecule has 7 heteroatoms. The molecule has 0 fully saturated rings. The first kappa shape index (κ1) is 26.2. The van der Waals surface area contributed by atoms with Gasteiger partial charge < -0.3 is 24.8 Å². The Balaban J connectivity index is 1.54. The highest BCUT2D eigenvalue weighted by Gasteiger charge is 2.36. The number of allylic oxidation sites excluding steroid dienone is 1. The molecule has 3 aromatic carbocycles. The van der Waals surface area contributed by atoms with Crippen molar-refractivity contribution >= 4 is 33.1 Å². The van der Waals surface area contributed by atoms with Crippen molar-refractivity contribution in [3.05, 3.63) is 87.5 Å². The number of carbonyl (C=O) groups is 1. The van der Waals surface area contributed by atoms with Gasteiger partial charge in [-0.25, -0.2) is 0 Å². The van der Waals surface area contributed by atoms with Crippen molar-refractivity contribution in [3.63, 3.8) is 0 Å². The van der Waals surface area contributed by atoms with Crippen molar-refractivity contribution in [1.29, 1.82) is 0 Å². The van der Waals surface area contributed by atoms with Crippen molar-refractivity contribution in [2.75, 3.05) is 31.0 Å². The summed E-state index contributed by atoms with van der Waals surface area (Å²) in [6, 6.07) is 19.9. The van der Waals surface area contributed by atoms with Crippen LogP contribution in [0.25, 0.3) is 0 Å². The number of fused-ring (bicyclic) bond motifs is 1. The Bertz CT molecular complexity index is 1350. The SMILES string of the molecule is CCCOc1ccc(C2CC(=O)C3=C(C2)Nc2ccccc2NC3c2cc(Br)c(OCC)c(OC)c2)cc1. The number of ketones is 1. The second kappa shape index (κ2) is 11.5. The Morgan fingerprint density at radius 3 is 2.42 bits per heavy atom. The molecule has 1 aliphatic carbocycles. The van der Waals surface area contributed by atoms with Crippen LogP contribution in [0.5, 0.6) is 17.2 Å². The van der Waals surface area contributed by atoms with Crippen molar-refractivity contribution in [2.45, 2.75) is 45.1 Å². The molecule has 1 heterocycles. The molecule has 0 bridgehead atoms. The van der Waals surface area contributed by atoms with E-state index in [-0.39, 0.29) is 17.7 Å². The summed E-state index contributed by atoms with van der Waals surface area (Å²) in [5.74, 6) is 2.35.